The second-order valence-corrected chi connectivity index (χ2v) is 4.72. The summed E-state index contributed by atoms with van der Waals surface area (Å²) < 4.78 is 5.00. The normalized spacial score (nSPS) is 12.3. The molecular formula is C16H19NO3. The van der Waals surface area contributed by atoms with Crippen molar-refractivity contribution in [2.45, 2.75) is 32.3 Å². The number of aliphatic hydroxyl groups excluding tert-OH is 1. The zero-order valence-electron chi connectivity index (χ0n) is 11.6. The van der Waals surface area contributed by atoms with Crippen LogP contribution in [0, 0.1) is 0 Å². The molecule has 20 heavy (non-hydrogen) atoms. The van der Waals surface area contributed by atoms with Crippen LogP contribution in [-0.4, -0.2) is 22.7 Å². The topological polar surface area (TPSA) is 59.4 Å². The predicted octanol–water partition coefficient (Wildman–Crippen LogP) is 3.00. The van der Waals surface area contributed by atoms with Gasteiger partial charge in [-0.3, -0.25) is 9.78 Å². The molecule has 0 bridgehead atoms. The van der Waals surface area contributed by atoms with Crippen molar-refractivity contribution in [1.82, 2.24) is 4.98 Å². The van der Waals surface area contributed by atoms with Gasteiger partial charge in [0.1, 0.15) is 0 Å². The minimum absolute atomic E-state index is 0.213. The molecule has 1 aromatic carbocycles. The molecule has 0 radical (unpaired) electrons. The van der Waals surface area contributed by atoms with E-state index in [9.17, 15) is 9.90 Å². The highest BCUT2D eigenvalue weighted by atomic mass is 16.5. The van der Waals surface area contributed by atoms with Gasteiger partial charge in [-0.15, -0.1) is 0 Å². The summed E-state index contributed by atoms with van der Waals surface area (Å²) in [6.07, 6.45) is 4.08. The van der Waals surface area contributed by atoms with Gasteiger partial charge in [0.05, 0.1) is 12.7 Å². The van der Waals surface area contributed by atoms with Crippen LogP contribution in [0.5, 0.6) is 0 Å². The van der Waals surface area contributed by atoms with E-state index in [1.54, 1.807) is 12.4 Å². The summed E-state index contributed by atoms with van der Waals surface area (Å²) in [4.78, 5) is 15.6. The fourth-order valence-electron chi connectivity index (χ4n) is 2.10. The van der Waals surface area contributed by atoms with E-state index in [4.69, 9.17) is 4.74 Å². The van der Waals surface area contributed by atoms with Crippen molar-refractivity contribution in [2.75, 3.05) is 6.61 Å². The first kappa shape index (κ1) is 14.5. The second-order valence-electron chi connectivity index (χ2n) is 4.72. The molecule has 0 spiro atoms. The number of ether oxygens (including phenoxy) is 1. The Morgan fingerprint density at radius 1 is 1.35 bits per heavy atom. The van der Waals surface area contributed by atoms with Gasteiger partial charge in [0, 0.05) is 29.8 Å². The SMILES string of the molecule is CCCOC(=O)CCC(O)c1cncc2ccccc12. The van der Waals surface area contributed by atoms with Gasteiger partial charge in [-0.05, 0) is 18.2 Å². The number of hydrogen-bond donors (Lipinski definition) is 1. The lowest BCUT2D eigenvalue weighted by Crippen LogP contribution is -2.08. The number of carbonyl (C=O) groups is 1. The Morgan fingerprint density at radius 3 is 2.95 bits per heavy atom. The third kappa shape index (κ3) is 3.54. The van der Waals surface area contributed by atoms with Crippen LogP contribution in [0.2, 0.25) is 0 Å². The third-order valence-corrected chi connectivity index (χ3v) is 3.15. The molecule has 1 atom stereocenters. The molecule has 0 fully saturated rings. The first-order valence-electron chi connectivity index (χ1n) is 6.88. The van der Waals surface area contributed by atoms with Gasteiger partial charge in [0.2, 0.25) is 0 Å². The van der Waals surface area contributed by atoms with Crippen LogP contribution in [0.4, 0.5) is 0 Å². The highest BCUT2D eigenvalue weighted by Crippen LogP contribution is 2.25. The molecule has 0 aliphatic rings. The van der Waals surface area contributed by atoms with E-state index in [1.807, 2.05) is 31.2 Å². The Balaban J connectivity index is 2.04. The van der Waals surface area contributed by atoms with Crippen molar-refractivity contribution < 1.29 is 14.6 Å². The monoisotopic (exact) mass is 273 g/mol. The van der Waals surface area contributed by atoms with Crippen molar-refractivity contribution in [3.8, 4) is 0 Å². The first-order chi connectivity index (χ1) is 9.72. The maximum atomic E-state index is 11.5. The number of benzene rings is 1. The summed E-state index contributed by atoms with van der Waals surface area (Å²) in [7, 11) is 0. The Hall–Kier alpha value is -1.94. The lowest BCUT2D eigenvalue weighted by molar-refractivity contribution is -0.144. The molecule has 1 aromatic heterocycles. The molecule has 1 heterocycles. The molecule has 2 aromatic rings. The van der Waals surface area contributed by atoms with E-state index in [1.165, 1.54) is 0 Å². The number of fused-ring (bicyclic) bond motifs is 1. The van der Waals surface area contributed by atoms with Gasteiger partial charge in [-0.2, -0.15) is 0 Å². The fourth-order valence-corrected chi connectivity index (χ4v) is 2.10. The molecule has 1 unspecified atom stereocenters. The van der Waals surface area contributed by atoms with Crippen molar-refractivity contribution in [3.63, 3.8) is 0 Å². The van der Waals surface area contributed by atoms with E-state index < -0.39 is 6.10 Å². The van der Waals surface area contributed by atoms with Gasteiger partial charge in [-0.25, -0.2) is 0 Å². The summed E-state index contributed by atoms with van der Waals surface area (Å²) in [5, 5.41) is 12.2. The predicted molar refractivity (Wildman–Crippen MR) is 77.2 cm³/mol. The van der Waals surface area contributed by atoms with E-state index in [0.717, 1.165) is 22.8 Å². The Morgan fingerprint density at radius 2 is 2.15 bits per heavy atom. The van der Waals surface area contributed by atoms with Crippen molar-refractivity contribution in [1.29, 1.82) is 0 Å². The molecule has 106 valence electrons. The largest absolute Gasteiger partial charge is 0.466 e. The molecule has 0 amide bonds. The number of aliphatic hydroxyl groups is 1. The van der Waals surface area contributed by atoms with E-state index in [2.05, 4.69) is 4.98 Å². The number of nitrogens with zero attached hydrogens (tertiary/aromatic N) is 1. The average Bonchev–Trinajstić information content (AvgIpc) is 2.50. The molecule has 4 heteroatoms. The highest BCUT2D eigenvalue weighted by molar-refractivity contribution is 5.85. The van der Waals surface area contributed by atoms with Gasteiger partial charge in [0.25, 0.3) is 0 Å². The van der Waals surface area contributed by atoms with Crippen LogP contribution in [0.1, 0.15) is 37.9 Å². The molecule has 0 aliphatic heterocycles. The van der Waals surface area contributed by atoms with Crippen LogP contribution in [0.3, 0.4) is 0 Å². The summed E-state index contributed by atoms with van der Waals surface area (Å²) >= 11 is 0. The average molecular weight is 273 g/mol. The molecule has 1 N–H and O–H groups in total. The maximum Gasteiger partial charge on any atom is 0.305 e. The molecule has 4 nitrogen and oxygen atoms in total. The van der Waals surface area contributed by atoms with Crippen LogP contribution < -0.4 is 0 Å². The van der Waals surface area contributed by atoms with E-state index >= 15 is 0 Å². The molecule has 0 aliphatic carbocycles. The standard InChI is InChI=1S/C16H19NO3/c1-2-9-20-16(19)8-7-15(18)14-11-17-10-12-5-3-4-6-13(12)14/h3-6,10-11,15,18H,2,7-9H2,1H3. The maximum absolute atomic E-state index is 11.5. The van der Waals surface area contributed by atoms with Crippen LogP contribution in [0.15, 0.2) is 36.7 Å². The third-order valence-electron chi connectivity index (χ3n) is 3.15. The zero-order valence-corrected chi connectivity index (χ0v) is 11.6. The minimum Gasteiger partial charge on any atom is -0.466 e. The molecule has 2 rings (SSSR count). The number of carbonyl (C=O) groups excluding carboxylic acids is 1. The molecule has 0 saturated heterocycles. The van der Waals surface area contributed by atoms with E-state index in [-0.39, 0.29) is 12.4 Å². The highest BCUT2D eigenvalue weighted by Gasteiger charge is 2.14. The molecular weight excluding hydrogens is 254 g/mol. The summed E-state index contributed by atoms with van der Waals surface area (Å²) in [5.41, 5.74) is 0.756. The summed E-state index contributed by atoms with van der Waals surface area (Å²) in [6.45, 7) is 2.38. The summed E-state index contributed by atoms with van der Waals surface area (Å²) in [6, 6.07) is 7.76. The van der Waals surface area contributed by atoms with Crippen molar-refractivity contribution in [3.05, 3.63) is 42.2 Å². The minimum atomic E-state index is -0.706. The Labute approximate surface area is 118 Å². The van der Waals surface area contributed by atoms with Crippen molar-refractivity contribution >= 4 is 16.7 Å². The number of pyridine rings is 1. The number of esters is 1. The number of aromatic nitrogens is 1. The summed E-state index contributed by atoms with van der Waals surface area (Å²) in [5.74, 6) is -0.265. The van der Waals surface area contributed by atoms with Gasteiger partial charge >= 0.3 is 5.97 Å². The second kappa shape index (κ2) is 7.01. The van der Waals surface area contributed by atoms with Crippen molar-refractivity contribution in [2.24, 2.45) is 0 Å². The number of hydrogen-bond acceptors (Lipinski definition) is 4. The van der Waals surface area contributed by atoms with Crippen LogP contribution in [-0.2, 0) is 9.53 Å². The van der Waals surface area contributed by atoms with E-state index in [0.29, 0.717) is 13.0 Å². The van der Waals surface area contributed by atoms with Gasteiger partial charge in [-0.1, -0.05) is 31.2 Å². The number of rotatable bonds is 6. The van der Waals surface area contributed by atoms with Crippen LogP contribution >= 0.6 is 0 Å². The lowest BCUT2D eigenvalue weighted by atomic mass is 10.0. The zero-order chi connectivity index (χ0) is 14.4. The Bertz CT molecular complexity index is 577. The Kier molecular flexibility index (Phi) is 5.07. The quantitative estimate of drug-likeness (QED) is 0.822. The van der Waals surface area contributed by atoms with Gasteiger partial charge < -0.3 is 9.84 Å². The fraction of sp³-hybridized carbons (Fsp3) is 0.375. The van der Waals surface area contributed by atoms with Gasteiger partial charge in [0.15, 0.2) is 0 Å². The molecule has 0 saturated carbocycles. The smallest absolute Gasteiger partial charge is 0.305 e. The lowest BCUT2D eigenvalue weighted by Gasteiger charge is -2.13. The van der Waals surface area contributed by atoms with Crippen LogP contribution in [0.25, 0.3) is 10.8 Å². The first-order valence-corrected chi connectivity index (χ1v) is 6.88.